The van der Waals surface area contributed by atoms with Crippen molar-refractivity contribution in [3.05, 3.63) is 47.8 Å². The molecular formula is C18H20N4O2S. The van der Waals surface area contributed by atoms with E-state index in [1.54, 1.807) is 11.8 Å². The molecule has 2 aliphatic rings. The number of amides is 2. The molecule has 0 radical (unpaired) electrons. The predicted octanol–water partition coefficient (Wildman–Crippen LogP) is 1.98. The molecule has 3 heterocycles. The smallest absolute Gasteiger partial charge is 0.274 e. The number of fused-ring (bicyclic) bond motifs is 1. The molecular weight excluding hydrogens is 336 g/mol. The number of aryl methyl sites for hydroxylation is 1. The molecule has 25 heavy (non-hydrogen) atoms. The van der Waals surface area contributed by atoms with E-state index in [0.29, 0.717) is 30.9 Å². The van der Waals surface area contributed by atoms with Crippen LogP contribution in [0.5, 0.6) is 0 Å². The zero-order chi connectivity index (χ0) is 17.4. The van der Waals surface area contributed by atoms with Crippen molar-refractivity contribution in [2.45, 2.75) is 24.7 Å². The van der Waals surface area contributed by atoms with Crippen molar-refractivity contribution < 1.29 is 9.59 Å². The fourth-order valence-electron chi connectivity index (χ4n) is 3.37. The predicted molar refractivity (Wildman–Crippen MR) is 95.8 cm³/mol. The van der Waals surface area contributed by atoms with Crippen molar-refractivity contribution in [2.75, 3.05) is 25.4 Å². The van der Waals surface area contributed by atoms with Crippen LogP contribution in [-0.2, 0) is 6.54 Å². The molecule has 1 atom stereocenters. The van der Waals surface area contributed by atoms with Crippen LogP contribution in [0.4, 0.5) is 0 Å². The molecule has 2 aromatic rings. The first-order valence-electron chi connectivity index (χ1n) is 8.49. The Morgan fingerprint density at radius 3 is 2.64 bits per heavy atom. The van der Waals surface area contributed by atoms with E-state index in [4.69, 9.17) is 0 Å². The summed E-state index contributed by atoms with van der Waals surface area (Å²) in [6.07, 6.45) is 1.85. The van der Waals surface area contributed by atoms with E-state index in [1.807, 2.05) is 57.8 Å². The van der Waals surface area contributed by atoms with Gasteiger partial charge in [0, 0.05) is 49.7 Å². The number of hydrogen-bond donors (Lipinski definition) is 0. The Hall–Kier alpha value is -2.28. The van der Waals surface area contributed by atoms with Crippen LogP contribution in [0.1, 0.15) is 27.8 Å². The van der Waals surface area contributed by atoms with Gasteiger partial charge in [-0.25, -0.2) is 4.98 Å². The molecule has 1 saturated heterocycles. The highest BCUT2D eigenvalue weighted by atomic mass is 32.2. The summed E-state index contributed by atoms with van der Waals surface area (Å²) in [5.41, 5.74) is 1.20. The van der Waals surface area contributed by atoms with Crippen LogP contribution in [0.3, 0.4) is 0 Å². The first-order chi connectivity index (χ1) is 12.1. The van der Waals surface area contributed by atoms with E-state index < -0.39 is 0 Å². The zero-order valence-electron chi connectivity index (χ0n) is 14.1. The monoisotopic (exact) mass is 356 g/mol. The standard InChI is InChI=1S/C18H20N4O2S/c1-13-11-20(16(23)14-5-3-2-4-6-14)7-8-22(13)17(24)15-12-21-9-10-25-18(21)19-15/h2-6,12-13H,7-11H2,1H3. The summed E-state index contributed by atoms with van der Waals surface area (Å²) >= 11 is 1.68. The van der Waals surface area contributed by atoms with E-state index in [0.717, 1.165) is 17.5 Å². The third-order valence-electron chi connectivity index (χ3n) is 4.72. The second-order valence-corrected chi connectivity index (χ2v) is 7.48. The summed E-state index contributed by atoms with van der Waals surface area (Å²) in [5.74, 6) is 1.01. The van der Waals surface area contributed by atoms with Gasteiger partial charge in [-0.15, -0.1) is 0 Å². The Bertz CT molecular complexity index is 783. The molecule has 1 aromatic heterocycles. The van der Waals surface area contributed by atoms with E-state index in [-0.39, 0.29) is 17.9 Å². The summed E-state index contributed by atoms with van der Waals surface area (Å²) in [7, 11) is 0. The minimum Gasteiger partial charge on any atom is -0.335 e. The molecule has 0 bridgehead atoms. The van der Waals surface area contributed by atoms with Gasteiger partial charge in [0.05, 0.1) is 0 Å². The molecule has 0 aliphatic carbocycles. The molecule has 2 aliphatic heterocycles. The summed E-state index contributed by atoms with van der Waals surface area (Å²) < 4.78 is 2.04. The second kappa shape index (κ2) is 6.55. The Balaban J connectivity index is 1.44. The average Bonchev–Trinajstić information content (AvgIpc) is 3.23. The van der Waals surface area contributed by atoms with Crippen molar-refractivity contribution >= 4 is 23.6 Å². The number of piperazine rings is 1. The molecule has 1 fully saturated rings. The normalized spacial score (nSPS) is 19.8. The highest BCUT2D eigenvalue weighted by Crippen LogP contribution is 2.25. The van der Waals surface area contributed by atoms with Crippen LogP contribution in [0, 0.1) is 0 Å². The van der Waals surface area contributed by atoms with Crippen molar-refractivity contribution in [1.29, 1.82) is 0 Å². The third kappa shape index (κ3) is 3.04. The van der Waals surface area contributed by atoms with Gasteiger partial charge in [0.25, 0.3) is 11.8 Å². The fraction of sp³-hybridized carbons (Fsp3) is 0.389. The molecule has 7 heteroatoms. The van der Waals surface area contributed by atoms with Gasteiger partial charge in [0.1, 0.15) is 5.69 Å². The SMILES string of the molecule is CC1CN(C(=O)c2ccccc2)CCN1C(=O)c1cn2c(n1)SCC2. The Morgan fingerprint density at radius 2 is 1.92 bits per heavy atom. The van der Waals surface area contributed by atoms with Crippen LogP contribution < -0.4 is 0 Å². The lowest BCUT2D eigenvalue weighted by atomic mass is 10.1. The van der Waals surface area contributed by atoms with E-state index in [2.05, 4.69) is 4.98 Å². The molecule has 4 rings (SSSR count). The largest absolute Gasteiger partial charge is 0.335 e. The number of hydrogen-bond acceptors (Lipinski definition) is 4. The van der Waals surface area contributed by atoms with Crippen LogP contribution in [-0.4, -0.2) is 62.6 Å². The van der Waals surface area contributed by atoms with Crippen LogP contribution >= 0.6 is 11.8 Å². The van der Waals surface area contributed by atoms with Gasteiger partial charge in [-0.3, -0.25) is 9.59 Å². The quantitative estimate of drug-likeness (QED) is 0.826. The zero-order valence-corrected chi connectivity index (χ0v) is 14.9. The number of imidazole rings is 1. The maximum Gasteiger partial charge on any atom is 0.274 e. The Morgan fingerprint density at radius 1 is 1.12 bits per heavy atom. The molecule has 2 amide bonds. The summed E-state index contributed by atoms with van der Waals surface area (Å²) in [5, 5.41) is 0.925. The number of thioether (sulfide) groups is 1. The maximum absolute atomic E-state index is 12.8. The molecule has 0 saturated carbocycles. The van der Waals surface area contributed by atoms with Gasteiger partial charge in [-0.2, -0.15) is 0 Å². The second-order valence-electron chi connectivity index (χ2n) is 6.42. The van der Waals surface area contributed by atoms with Crippen molar-refractivity contribution in [1.82, 2.24) is 19.4 Å². The van der Waals surface area contributed by atoms with E-state index >= 15 is 0 Å². The van der Waals surface area contributed by atoms with Gasteiger partial charge in [-0.1, -0.05) is 30.0 Å². The van der Waals surface area contributed by atoms with E-state index in [1.165, 1.54) is 0 Å². The van der Waals surface area contributed by atoms with Crippen molar-refractivity contribution in [2.24, 2.45) is 0 Å². The lowest BCUT2D eigenvalue weighted by Gasteiger charge is -2.39. The number of carbonyl (C=O) groups is 2. The number of aromatic nitrogens is 2. The minimum atomic E-state index is -0.0400. The maximum atomic E-state index is 12.8. The number of carbonyl (C=O) groups excluding carboxylic acids is 2. The average molecular weight is 356 g/mol. The minimum absolute atomic E-state index is 0.0249. The highest BCUT2D eigenvalue weighted by molar-refractivity contribution is 7.99. The number of benzene rings is 1. The topological polar surface area (TPSA) is 58.4 Å². The molecule has 1 aromatic carbocycles. The highest BCUT2D eigenvalue weighted by Gasteiger charge is 2.32. The molecule has 1 unspecified atom stereocenters. The van der Waals surface area contributed by atoms with E-state index in [9.17, 15) is 9.59 Å². The van der Waals surface area contributed by atoms with Gasteiger partial charge in [-0.05, 0) is 19.1 Å². The van der Waals surface area contributed by atoms with Gasteiger partial charge >= 0.3 is 0 Å². The van der Waals surface area contributed by atoms with Crippen LogP contribution in [0.25, 0.3) is 0 Å². The Kier molecular flexibility index (Phi) is 4.25. The summed E-state index contributed by atoms with van der Waals surface area (Å²) in [4.78, 5) is 33.5. The summed E-state index contributed by atoms with van der Waals surface area (Å²) in [6, 6.07) is 9.26. The van der Waals surface area contributed by atoms with Crippen molar-refractivity contribution in [3.8, 4) is 0 Å². The van der Waals surface area contributed by atoms with Gasteiger partial charge in [0.15, 0.2) is 5.16 Å². The van der Waals surface area contributed by atoms with Crippen molar-refractivity contribution in [3.63, 3.8) is 0 Å². The molecule has 130 valence electrons. The molecule has 0 N–H and O–H groups in total. The summed E-state index contributed by atoms with van der Waals surface area (Å²) in [6.45, 7) is 4.53. The number of nitrogens with zero attached hydrogens (tertiary/aromatic N) is 4. The molecule has 6 nitrogen and oxygen atoms in total. The Labute approximate surface area is 150 Å². The van der Waals surface area contributed by atoms with Gasteiger partial charge < -0.3 is 14.4 Å². The first kappa shape index (κ1) is 16.2. The van der Waals surface area contributed by atoms with Crippen LogP contribution in [0.2, 0.25) is 0 Å². The van der Waals surface area contributed by atoms with Crippen LogP contribution in [0.15, 0.2) is 41.7 Å². The third-order valence-corrected chi connectivity index (χ3v) is 5.69. The number of rotatable bonds is 2. The first-order valence-corrected chi connectivity index (χ1v) is 9.47. The fourth-order valence-corrected chi connectivity index (χ4v) is 4.31. The van der Waals surface area contributed by atoms with Gasteiger partial charge in [0.2, 0.25) is 0 Å². The lowest BCUT2D eigenvalue weighted by Crippen LogP contribution is -2.55. The molecule has 0 spiro atoms. The lowest BCUT2D eigenvalue weighted by molar-refractivity contribution is 0.0411.